The van der Waals surface area contributed by atoms with Gasteiger partial charge in [-0.2, -0.15) is 0 Å². The Balaban J connectivity index is 3.20. The van der Waals surface area contributed by atoms with Crippen molar-refractivity contribution >= 4 is 17.7 Å². The molecule has 0 spiro atoms. The average molecular weight is 354 g/mol. The Hall–Kier alpha value is -1.99. The van der Waals surface area contributed by atoms with Crippen LogP contribution in [0.15, 0.2) is 23.3 Å². The minimum absolute atomic E-state index is 0.0485. The van der Waals surface area contributed by atoms with Gasteiger partial charge in [0.1, 0.15) is 6.10 Å². The maximum Gasteiger partial charge on any atom is 0.334 e. The number of rotatable bonds is 7. The van der Waals surface area contributed by atoms with Gasteiger partial charge in [-0.1, -0.05) is 20.8 Å². The van der Waals surface area contributed by atoms with E-state index < -0.39 is 42.5 Å². The van der Waals surface area contributed by atoms with Crippen molar-refractivity contribution < 1.29 is 34.1 Å². The van der Waals surface area contributed by atoms with E-state index in [0.717, 1.165) is 0 Å². The van der Waals surface area contributed by atoms with Gasteiger partial charge in [0.15, 0.2) is 6.10 Å². The molecule has 1 rings (SSSR count). The maximum absolute atomic E-state index is 12.6. The predicted octanol–water partition coefficient (Wildman–Crippen LogP) is 0.932. The molecule has 0 saturated carbocycles. The molecule has 0 fully saturated rings. The largest absolute Gasteiger partial charge is 0.458 e. The summed E-state index contributed by atoms with van der Waals surface area (Å²) in [6.07, 6.45) is 0.933. The first-order valence-electron chi connectivity index (χ1n) is 8.30. The lowest BCUT2D eigenvalue weighted by Gasteiger charge is -2.37. The quantitative estimate of drug-likeness (QED) is 0.517. The molecule has 0 bridgehead atoms. The third kappa shape index (κ3) is 5.24. The number of esters is 2. The van der Waals surface area contributed by atoms with Gasteiger partial charge in [0.05, 0.1) is 13.2 Å². The molecular formula is C18H26O7. The standard InChI is InChI=1S/C18H26O7/c1-5-14(21)24-13-8-12(9-20)16(22)17(15(13)10(2)3)25-18(23)11(4)6-7-19/h6,8,10,13,15,17,19-20H,5,7,9H2,1-4H3. The van der Waals surface area contributed by atoms with Crippen LogP contribution in [-0.4, -0.2) is 53.4 Å². The Bertz CT molecular complexity index is 574. The summed E-state index contributed by atoms with van der Waals surface area (Å²) < 4.78 is 10.7. The summed E-state index contributed by atoms with van der Waals surface area (Å²) in [5.74, 6) is -2.38. The van der Waals surface area contributed by atoms with Crippen molar-refractivity contribution in [2.75, 3.05) is 13.2 Å². The lowest BCUT2D eigenvalue weighted by atomic mass is 9.77. The maximum atomic E-state index is 12.6. The van der Waals surface area contributed by atoms with E-state index in [2.05, 4.69) is 0 Å². The third-order valence-corrected chi connectivity index (χ3v) is 4.12. The first kappa shape index (κ1) is 21.1. The monoisotopic (exact) mass is 354 g/mol. The van der Waals surface area contributed by atoms with Crippen LogP contribution in [0.25, 0.3) is 0 Å². The Labute approximate surface area is 147 Å². The molecule has 0 aromatic rings. The summed E-state index contributed by atoms with van der Waals surface area (Å²) in [5, 5.41) is 18.3. The zero-order chi connectivity index (χ0) is 19.1. The van der Waals surface area contributed by atoms with E-state index in [0.29, 0.717) is 0 Å². The highest BCUT2D eigenvalue weighted by atomic mass is 16.6. The predicted molar refractivity (Wildman–Crippen MR) is 89.4 cm³/mol. The molecule has 2 N–H and O–H groups in total. The summed E-state index contributed by atoms with van der Waals surface area (Å²) in [6.45, 7) is 5.92. The first-order chi connectivity index (χ1) is 11.8. The number of carbonyl (C=O) groups is 3. The van der Waals surface area contributed by atoms with Gasteiger partial charge in [-0.25, -0.2) is 4.79 Å². The van der Waals surface area contributed by atoms with Crippen LogP contribution in [0.1, 0.15) is 34.1 Å². The van der Waals surface area contributed by atoms with Gasteiger partial charge in [0, 0.05) is 23.5 Å². The number of aliphatic hydroxyl groups is 2. The van der Waals surface area contributed by atoms with Gasteiger partial charge in [0.25, 0.3) is 0 Å². The zero-order valence-electron chi connectivity index (χ0n) is 15.0. The minimum atomic E-state index is -1.17. The number of carbonyl (C=O) groups excluding carboxylic acids is 3. The SMILES string of the molecule is CCC(=O)OC1C=C(CO)C(=O)C(OC(=O)C(C)=CCO)C1C(C)C. The minimum Gasteiger partial charge on any atom is -0.458 e. The van der Waals surface area contributed by atoms with E-state index in [9.17, 15) is 19.5 Å². The fourth-order valence-corrected chi connectivity index (χ4v) is 2.69. The number of hydrogen-bond donors (Lipinski definition) is 2. The van der Waals surface area contributed by atoms with Crippen molar-refractivity contribution in [1.29, 1.82) is 0 Å². The molecule has 0 aromatic carbocycles. The molecule has 7 nitrogen and oxygen atoms in total. The Morgan fingerprint density at radius 2 is 1.92 bits per heavy atom. The number of Topliss-reactive ketones (excluding diaryl/α,β-unsaturated/α-hetero) is 1. The van der Waals surface area contributed by atoms with Crippen LogP contribution in [0.3, 0.4) is 0 Å². The van der Waals surface area contributed by atoms with Crippen LogP contribution in [0, 0.1) is 11.8 Å². The summed E-state index contributed by atoms with van der Waals surface area (Å²) in [6, 6.07) is 0. The highest BCUT2D eigenvalue weighted by Gasteiger charge is 2.45. The van der Waals surface area contributed by atoms with E-state index >= 15 is 0 Å². The Morgan fingerprint density at radius 1 is 1.28 bits per heavy atom. The second-order valence-corrected chi connectivity index (χ2v) is 6.24. The molecule has 0 aliphatic heterocycles. The van der Waals surface area contributed by atoms with Crippen molar-refractivity contribution in [1.82, 2.24) is 0 Å². The van der Waals surface area contributed by atoms with Crippen LogP contribution < -0.4 is 0 Å². The molecule has 140 valence electrons. The molecule has 0 aromatic heterocycles. The fourth-order valence-electron chi connectivity index (χ4n) is 2.69. The van der Waals surface area contributed by atoms with E-state index in [1.54, 1.807) is 6.92 Å². The Morgan fingerprint density at radius 3 is 2.40 bits per heavy atom. The van der Waals surface area contributed by atoms with Gasteiger partial charge < -0.3 is 19.7 Å². The van der Waals surface area contributed by atoms with E-state index in [-0.39, 0.29) is 30.1 Å². The van der Waals surface area contributed by atoms with Crippen LogP contribution >= 0.6 is 0 Å². The summed E-state index contributed by atoms with van der Waals surface area (Å²) >= 11 is 0. The number of ketones is 1. The van der Waals surface area contributed by atoms with E-state index in [1.165, 1.54) is 19.1 Å². The van der Waals surface area contributed by atoms with Gasteiger partial charge >= 0.3 is 11.9 Å². The van der Waals surface area contributed by atoms with Crippen LogP contribution in [-0.2, 0) is 23.9 Å². The molecular weight excluding hydrogens is 328 g/mol. The first-order valence-corrected chi connectivity index (χ1v) is 8.30. The molecule has 1 aliphatic carbocycles. The summed E-state index contributed by atoms with van der Waals surface area (Å²) in [4.78, 5) is 36.4. The van der Waals surface area contributed by atoms with Crippen molar-refractivity contribution in [2.24, 2.45) is 11.8 Å². The van der Waals surface area contributed by atoms with E-state index in [4.69, 9.17) is 14.6 Å². The highest BCUT2D eigenvalue weighted by molar-refractivity contribution is 6.02. The fraction of sp³-hybridized carbons (Fsp3) is 0.611. The van der Waals surface area contributed by atoms with Gasteiger partial charge in [0.2, 0.25) is 5.78 Å². The van der Waals surface area contributed by atoms with Gasteiger partial charge in [-0.15, -0.1) is 0 Å². The van der Waals surface area contributed by atoms with Gasteiger partial charge in [-0.3, -0.25) is 9.59 Å². The van der Waals surface area contributed by atoms with E-state index in [1.807, 2.05) is 13.8 Å². The Kier molecular flexibility index (Phi) is 7.99. The molecule has 0 radical (unpaired) electrons. The van der Waals surface area contributed by atoms with Crippen LogP contribution in [0.4, 0.5) is 0 Å². The number of ether oxygens (including phenoxy) is 2. The third-order valence-electron chi connectivity index (χ3n) is 4.12. The second kappa shape index (κ2) is 9.48. The smallest absolute Gasteiger partial charge is 0.334 e. The summed E-state index contributed by atoms with van der Waals surface area (Å²) in [5.41, 5.74) is 0.215. The average Bonchev–Trinajstić information content (AvgIpc) is 2.56. The van der Waals surface area contributed by atoms with Crippen molar-refractivity contribution in [2.45, 2.75) is 46.3 Å². The molecule has 7 heteroatoms. The second-order valence-electron chi connectivity index (χ2n) is 6.24. The topological polar surface area (TPSA) is 110 Å². The lowest BCUT2D eigenvalue weighted by Crippen LogP contribution is -2.48. The van der Waals surface area contributed by atoms with Crippen molar-refractivity contribution in [3.63, 3.8) is 0 Å². The van der Waals surface area contributed by atoms with Crippen molar-refractivity contribution in [3.05, 3.63) is 23.3 Å². The van der Waals surface area contributed by atoms with Crippen LogP contribution in [0.5, 0.6) is 0 Å². The molecule has 3 unspecified atom stereocenters. The molecule has 1 aliphatic rings. The normalized spacial score (nSPS) is 24.1. The molecule has 0 amide bonds. The van der Waals surface area contributed by atoms with Crippen molar-refractivity contribution in [3.8, 4) is 0 Å². The molecule has 0 heterocycles. The lowest BCUT2D eigenvalue weighted by molar-refractivity contribution is -0.165. The highest BCUT2D eigenvalue weighted by Crippen LogP contribution is 2.32. The number of aliphatic hydroxyl groups excluding tert-OH is 2. The molecule has 0 saturated heterocycles. The number of hydrogen-bond acceptors (Lipinski definition) is 7. The summed E-state index contributed by atoms with van der Waals surface area (Å²) in [7, 11) is 0. The van der Waals surface area contributed by atoms with Gasteiger partial charge in [-0.05, 0) is 25.0 Å². The molecule has 3 atom stereocenters. The van der Waals surface area contributed by atoms with Crippen LogP contribution in [0.2, 0.25) is 0 Å². The molecule has 25 heavy (non-hydrogen) atoms. The zero-order valence-corrected chi connectivity index (χ0v) is 15.0.